The summed E-state index contributed by atoms with van der Waals surface area (Å²) in [6, 6.07) is 3.86. The van der Waals surface area contributed by atoms with Crippen LogP contribution in [0.3, 0.4) is 0 Å². The number of ether oxygens (including phenoxy) is 1. The zero-order valence-corrected chi connectivity index (χ0v) is 10.4. The van der Waals surface area contributed by atoms with E-state index in [1.807, 2.05) is 0 Å². The summed E-state index contributed by atoms with van der Waals surface area (Å²) in [5.74, 6) is -1.32. The van der Waals surface area contributed by atoms with Crippen molar-refractivity contribution in [2.75, 3.05) is 0 Å². The zero-order chi connectivity index (χ0) is 14.4. The highest BCUT2D eigenvalue weighted by atomic mass is 16.6. The molecule has 0 aliphatic carbocycles. The highest BCUT2D eigenvalue weighted by Crippen LogP contribution is 2.29. The molecule has 0 heterocycles. The van der Waals surface area contributed by atoms with Crippen molar-refractivity contribution in [2.24, 2.45) is 0 Å². The van der Waals surface area contributed by atoms with Crippen LogP contribution in [0, 0.1) is 10.1 Å². The highest BCUT2D eigenvalue weighted by Gasteiger charge is 2.23. The smallest absolute Gasteiger partial charge is 0.344 e. The number of nitrogens with zero attached hydrogens (tertiary/aromatic N) is 1. The number of nitro benzene ring substituents is 1. The van der Waals surface area contributed by atoms with Crippen LogP contribution >= 0.6 is 0 Å². The average Bonchev–Trinajstić information content (AvgIpc) is 2.37. The van der Waals surface area contributed by atoms with E-state index < -0.39 is 17.0 Å². The molecule has 19 heavy (non-hydrogen) atoms. The number of carboxylic acid groups (broad SMARTS) is 1. The molecule has 2 N–H and O–H groups in total. The van der Waals surface area contributed by atoms with Crippen molar-refractivity contribution < 1.29 is 24.7 Å². The van der Waals surface area contributed by atoms with E-state index in [9.17, 15) is 14.9 Å². The number of benzene rings is 1. The third kappa shape index (κ3) is 3.92. The molecule has 0 radical (unpaired) electrons. The fourth-order valence-electron chi connectivity index (χ4n) is 1.55. The van der Waals surface area contributed by atoms with Gasteiger partial charge in [-0.1, -0.05) is 13.3 Å². The Hall–Kier alpha value is -2.15. The standard InChI is InChI=1S/C12H15NO6/c1-2-3-10(12(15)16)19-11-6-8(7-14)4-5-9(11)13(17)18/h4-6,10,14H,2-3,7H2,1H3,(H,15,16). The van der Waals surface area contributed by atoms with Gasteiger partial charge in [0.05, 0.1) is 11.5 Å². The topological polar surface area (TPSA) is 110 Å². The lowest BCUT2D eigenvalue weighted by molar-refractivity contribution is -0.386. The van der Waals surface area contributed by atoms with Crippen LogP contribution in [0.4, 0.5) is 5.69 Å². The quantitative estimate of drug-likeness (QED) is 0.576. The first-order valence-corrected chi connectivity index (χ1v) is 5.77. The van der Waals surface area contributed by atoms with E-state index in [1.165, 1.54) is 18.2 Å². The van der Waals surface area contributed by atoms with E-state index in [0.29, 0.717) is 12.0 Å². The molecule has 1 aromatic carbocycles. The first-order chi connectivity index (χ1) is 8.99. The molecule has 1 rings (SSSR count). The highest BCUT2D eigenvalue weighted by molar-refractivity contribution is 5.73. The number of hydrogen-bond acceptors (Lipinski definition) is 5. The second-order valence-corrected chi connectivity index (χ2v) is 3.95. The molecule has 1 unspecified atom stereocenters. The maximum atomic E-state index is 11.0. The number of aliphatic carboxylic acids is 1. The summed E-state index contributed by atoms with van der Waals surface area (Å²) in [5.41, 5.74) is 0.0980. The number of carbonyl (C=O) groups is 1. The first kappa shape index (κ1) is 14.9. The van der Waals surface area contributed by atoms with Crippen LogP contribution in [-0.4, -0.2) is 27.2 Å². The van der Waals surface area contributed by atoms with Crippen molar-refractivity contribution in [1.29, 1.82) is 0 Å². The minimum atomic E-state index is -1.18. The molecule has 0 aliphatic rings. The predicted molar refractivity (Wildman–Crippen MR) is 66.0 cm³/mol. The van der Waals surface area contributed by atoms with Crippen LogP contribution in [0.1, 0.15) is 25.3 Å². The summed E-state index contributed by atoms with van der Waals surface area (Å²) in [6.45, 7) is 1.48. The van der Waals surface area contributed by atoms with Crippen molar-refractivity contribution in [3.05, 3.63) is 33.9 Å². The van der Waals surface area contributed by atoms with Crippen LogP contribution in [0.15, 0.2) is 18.2 Å². The maximum Gasteiger partial charge on any atom is 0.344 e. The van der Waals surface area contributed by atoms with Crippen LogP contribution < -0.4 is 4.74 Å². The molecule has 0 saturated heterocycles. The van der Waals surface area contributed by atoms with E-state index in [2.05, 4.69) is 0 Å². The summed E-state index contributed by atoms with van der Waals surface area (Å²) in [5, 5.41) is 28.8. The summed E-state index contributed by atoms with van der Waals surface area (Å²) in [4.78, 5) is 21.2. The molecular formula is C12H15NO6. The van der Waals surface area contributed by atoms with Gasteiger partial charge in [0.2, 0.25) is 0 Å². The molecule has 1 aromatic rings. The fraction of sp³-hybridized carbons (Fsp3) is 0.417. The Bertz CT molecular complexity index is 473. The Balaban J connectivity index is 3.08. The Labute approximate surface area is 109 Å². The van der Waals surface area contributed by atoms with Gasteiger partial charge in [0.25, 0.3) is 0 Å². The minimum Gasteiger partial charge on any atom is -0.479 e. The molecule has 0 aliphatic heterocycles. The molecule has 0 bridgehead atoms. The summed E-state index contributed by atoms with van der Waals surface area (Å²) < 4.78 is 5.20. The van der Waals surface area contributed by atoms with Gasteiger partial charge in [-0.05, 0) is 24.1 Å². The fourth-order valence-corrected chi connectivity index (χ4v) is 1.55. The maximum absolute atomic E-state index is 11.0. The Kier molecular flexibility index (Phi) is 5.25. The summed E-state index contributed by atoms with van der Waals surface area (Å²) in [7, 11) is 0. The van der Waals surface area contributed by atoms with E-state index in [-0.39, 0.29) is 24.5 Å². The monoisotopic (exact) mass is 269 g/mol. The molecule has 0 fully saturated rings. The van der Waals surface area contributed by atoms with Crippen molar-refractivity contribution in [3.63, 3.8) is 0 Å². The average molecular weight is 269 g/mol. The number of aliphatic hydroxyl groups excluding tert-OH is 1. The molecule has 0 aromatic heterocycles. The third-order valence-electron chi connectivity index (χ3n) is 2.50. The first-order valence-electron chi connectivity index (χ1n) is 5.77. The number of rotatable bonds is 7. The molecular weight excluding hydrogens is 254 g/mol. The predicted octanol–water partition coefficient (Wildman–Crippen LogP) is 1.72. The van der Waals surface area contributed by atoms with Crippen LogP contribution in [0.5, 0.6) is 5.75 Å². The largest absolute Gasteiger partial charge is 0.479 e. The number of nitro groups is 1. The molecule has 104 valence electrons. The van der Waals surface area contributed by atoms with Gasteiger partial charge in [0.15, 0.2) is 11.9 Å². The lowest BCUT2D eigenvalue weighted by Crippen LogP contribution is -2.27. The van der Waals surface area contributed by atoms with E-state index in [4.69, 9.17) is 14.9 Å². The molecule has 1 atom stereocenters. The second-order valence-electron chi connectivity index (χ2n) is 3.95. The van der Waals surface area contributed by atoms with Gasteiger partial charge >= 0.3 is 11.7 Å². The van der Waals surface area contributed by atoms with Crippen molar-refractivity contribution in [3.8, 4) is 5.75 Å². The molecule has 0 saturated carbocycles. The van der Waals surface area contributed by atoms with Gasteiger partial charge in [-0.25, -0.2) is 4.79 Å². The van der Waals surface area contributed by atoms with Crippen molar-refractivity contribution in [2.45, 2.75) is 32.5 Å². The SMILES string of the molecule is CCCC(Oc1cc(CO)ccc1[N+](=O)[O-])C(=O)O. The second kappa shape index (κ2) is 6.69. The van der Waals surface area contributed by atoms with Crippen molar-refractivity contribution in [1.82, 2.24) is 0 Å². The number of aliphatic hydroxyl groups is 1. The van der Waals surface area contributed by atoms with Crippen LogP contribution in [-0.2, 0) is 11.4 Å². The van der Waals surface area contributed by atoms with E-state index >= 15 is 0 Å². The zero-order valence-electron chi connectivity index (χ0n) is 10.4. The Morgan fingerprint density at radius 1 is 1.53 bits per heavy atom. The molecule has 0 spiro atoms. The van der Waals surface area contributed by atoms with E-state index in [1.54, 1.807) is 6.92 Å². The molecule has 7 nitrogen and oxygen atoms in total. The van der Waals surface area contributed by atoms with Crippen LogP contribution in [0.25, 0.3) is 0 Å². The lowest BCUT2D eigenvalue weighted by atomic mass is 10.2. The lowest BCUT2D eigenvalue weighted by Gasteiger charge is -2.14. The van der Waals surface area contributed by atoms with Gasteiger partial charge in [0.1, 0.15) is 0 Å². The number of hydrogen-bond donors (Lipinski definition) is 2. The normalized spacial score (nSPS) is 11.9. The van der Waals surface area contributed by atoms with Gasteiger partial charge in [0, 0.05) is 6.07 Å². The van der Waals surface area contributed by atoms with Gasteiger partial charge < -0.3 is 14.9 Å². The van der Waals surface area contributed by atoms with Crippen molar-refractivity contribution >= 4 is 11.7 Å². The minimum absolute atomic E-state index is 0.141. The Morgan fingerprint density at radius 3 is 2.68 bits per heavy atom. The van der Waals surface area contributed by atoms with Gasteiger partial charge in [-0.3, -0.25) is 10.1 Å². The van der Waals surface area contributed by atoms with Crippen LogP contribution in [0.2, 0.25) is 0 Å². The summed E-state index contributed by atoms with van der Waals surface area (Å²) in [6.07, 6.45) is -0.321. The van der Waals surface area contributed by atoms with Gasteiger partial charge in [-0.15, -0.1) is 0 Å². The third-order valence-corrected chi connectivity index (χ3v) is 2.50. The van der Waals surface area contributed by atoms with E-state index in [0.717, 1.165) is 0 Å². The Morgan fingerprint density at radius 2 is 2.21 bits per heavy atom. The summed E-state index contributed by atoms with van der Waals surface area (Å²) >= 11 is 0. The molecule has 7 heteroatoms. The molecule has 0 amide bonds. The van der Waals surface area contributed by atoms with Gasteiger partial charge in [-0.2, -0.15) is 0 Å². The number of carboxylic acids is 1.